The fourth-order valence-corrected chi connectivity index (χ4v) is 4.69. The first-order chi connectivity index (χ1) is 17.9. The molecule has 192 valence electrons. The molecule has 2 aromatic carbocycles. The Morgan fingerprint density at radius 2 is 1.92 bits per heavy atom. The lowest BCUT2D eigenvalue weighted by Crippen LogP contribution is -2.40. The lowest BCUT2D eigenvalue weighted by Gasteiger charge is -2.31. The Bertz CT molecular complexity index is 1400. The fraction of sp³-hybridized carbons (Fsp3) is 0.296. The number of hydrogen-bond donors (Lipinski definition) is 2. The summed E-state index contributed by atoms with van der Waals surface area (Å²) in [5.41, 5.74) is 10.3. The summed E-state index contributed by atoms with van der Waals surface area (Å²) >= 11 is 0. The van der Waals surface area contributed by atoms with E-state index < -0.39 is 6.61 Å². The van der Waals surface area contributed by atoms with Crippen molar-refractivity contribution in [2.45, 2.75) is 26.4 Å². The number of fused-ring (bicyclic) bond motifs is 1. The third-order valence-electron chi connectivity index (χ3n) is 6.76. The molecule has 0 unspecified atom stereocenters. The zero-order valence-electron chi connectivity index (χ0n) is 20.4. The second kappa shape index (κ2) is 10.5. The van der Waals surface area contributed by atoms with Crippen molar-refractivity contribution in [1.29, 1.82) is 0 Å². The van der Waals surface area contributed by atoms with Gasteiger partial charge in [-0.1, -0.05) is 0 Å². The van der Waals surface area contributed by atoms with Crippen LogP contribution in [-0.2, 0) is 0 Å². The minimum atomic E-state index is -2.87. The highest BCUT2D eigenvalue weighted by Gasteiger charge is 2.24. The molecule has 3 heterocycles. The van der Waals surface area contributed by atoms with E-state index in [9.17, 15) is 13.6 Å². The second-order valence-electron chi connectivity index (χ2n) is 9.14. The Hall–Kier alpha value is -4.05. The quantitative estimate of drug-likeness (QED) is 0.372. The molecule has 0 bridgehead atoms. The van der Waals surface area contributed by atoms with Crippen LogP contribution in [0.15, 0.2) is 61.1 Å². The molecule has 1 aliphatic rings. The first-order valence-corrected chi connectivity index (χ1v) is 12.2. The molecule has 0 atom stereocenters. The molecule has 0 saturated carbocycles. The predicted octanol–water partition coefficient (Wildman–Crippen LogP) is 4.86. The van der Waals surface area contributed by atoms with Crippen LogP contribution < -0.4 is 15.8 Å². The minimum Gasteiger partial charge on any atom is -0.435 e. The van der Waals surface area contributed by atoms with E-state index in [1.54, 1.807) is 30.7 Å². The number of nitrogens with two attached hydrogens (primary N) is 1. The lowest BCUT2D eigenvalue weighted by atomic mass is 9.96. The Kier molecular flexibility index (Phi) is 7.00. The lowest BCUT2D eigenvalue weighted by molar-refractivity contribution is -0.0498. The van der Waals surface area contributed by atoms with E-state index in [4.69, 9.17) is 5.73 Å². The second-order valence-corrected chi connectivity index (χ2v) is 9.14. The zero-order chi connectivity index (χ0) is 25.9. The molecule has 4 aromatic rings. The number of benzene rings is 2. The van der Waals surface area contributed by atoms with E-state index in [-0.39, 0.29) is 11.7 Å². The van der Waals surface area contributed by atoms with Crippen LogP contribution >= 0.6 is 0 Å². The van der Waals surface area contributed by atoms with E-state index >= 15 is 0 Å². The number of carbonyl (C=O) groups is 1. The Morgan fingerprint density at radius 1 is 1.16 bits per heavy atom. The highest BCUT2D eigenvalue weighted by Crippen LogP contribution is 2.28. The molecule has 0 aliphatic carbocycles. The van der Waals surface area contributed by atoms with Gasteiger partial charge in [0.25, 0.3) is 5.91 Å². The molecule has 5 rings (SSSR count). The van der Waals surface area contributed by atoms with Gasteiger partial charge < -0.3 is 20.7 Å². The highest BCUT2D eigenvalue weighted by molar-refractivity contribution is 5.96. The van der Waals surface area contributed by atoms with Crippen molar-refractivity contribution < 1.29 is 18.3 Å². The number of rotatable bonds is 7. The van der Waals surface area contributed by atoms with Gasteiger partial charge in [-0.3, -0.25) is 9.20 Å². The van der Waals surface area contributed by atoms with Gasteiger partial charge in [-0.15, -0.1) is 0 Å². The van der Waals surface area contributed by atoms with Gasteiger partial charge in [-0.25, -0.2) is 9.97 Å². The van der Waals surface area contributed by atoms with Crippen molar-refractivity contribution in [1.82, 2.24) is 19.3 Å². The number of nitrogens with one attached hydrogen (secondary N) is 1. The van der Waals surface area contributed by atoms with Crippen LogP contribution in [0.1, 0.15) is 28.8 Å². The fourth-order valence-electron chi connectivity index (χ4n) is 4.69. The predicted molar refractivity (Wildman–Crippen MR) is 137 cm³/mol. The summed E-state index contributed by atoms with van der Waals surface area (Å²) in [7, 11) is 0. The van der Waals surface area contributed by atoms with Gasteiger partial charge in [0.1, 0.15) is 5.75 Å². The SMILES string of the molecule is Cc1cc(Nc2nccn3c(-c4ccc(OC(F)F)cc4)cnc23)ccc1C(=O)N1CCC(CN)CC1. The summed E-state index contributed by atoms with van der Waals surface area (Å²) < 4.78 is 31.2. The van der Waals surface area contributed by atoms with E-state index in [1.807, 2.05) is 34.4 Å². The Morgan fingerprint density at radius 3 is 2.59 bits per heavy atom. The van der Waals surface area contributed by atoms with Crippen LogP contribution in [-0.4, -0.2) is 51.4 Å². The van der Waals surface area contributed by atoms with Gasteiger partial charge in [-0.05, 0) is 80.3 Å². The number of hydrogen-bond acceptors (Lipinski definition) is 6. The van der Waals surface area contributed by atoms with E-state index in [0.29, 0.717) is 29.5 Å². The number of likely N-dealkylation sites (tertiary alicyclic amines) is 1. The van der Waals surface area contributed by atoms with Crippen molar-refractivity contribution in [3.63, 3.8) is 0 Å². The van der Waals surface area contributed by atoms with Crippen LogP contribution in [0, 0.1) is 12.8 Å². The van der Waals surface area contributed by atoms with Crippen LogP contribution in [0.5, 0.6) is 5.75 Å². The summed E-state index contributed by atoms with van der Waals surface area (Å²) in [5, 5.41) is 3.31. The molecule has 10 heteroatoms. The minimum absolute atomic E-state index is 0.0441. The first-order valence-electron chi connectivity index (χ1n) is 12.2. The van der Waals surface area contributed by atoms with Crippen molar-refractivity contribution in [2.24, 2.45) is 11.7 Å². The van der Waals surface area contributed by atoms with E-state index in [2.05, 4.69) is 20.0 Å². The monoisotopic (exact) mass is 506 g/mol. The van der Waals surface area contributed by atoms with Crippen molar-refractivity contribution >= 4 is 23.1 Å². The maximum Gasteiger partial charge on any atom is 0.387 e. The number of imidazole rings is 1. The van der Waals surface area contributed by atoms with Gasteiger partial charge in [0, 0.05) is 42.3 Å². The maximum atomic E-state index is 13.1. The van der Waals surface area contributed by atoms with E-state index in [0.717, 1.165) is 48.4 Å². The number of anilines is 2. The van der Waals surface area contributed by atoms with Crippen LogP contribution in [0.25, 0.3) is 16.9 Å². The average Bonchev–Trinajstić information content (AvgIpc) is 3.34. The smallest absolute Gasteiger partial charge is 0.387 e. The van der Waals surface area contributed by atoms with Gasteiger partial charge in [-0.2, -0.15) is 8.78 Å². The van der Waals surface area contributed by atoms with Gasteiger partial charge in [0.2, 0.25) is 0 Å². The van der Waals surface area contributed by atoms with E-state index in [1.165, 1.54) is 12.1 Å². The molecule has 3 N–H and O–H groups in total. The molecular weight excluding hydrogens is 478 g/mol. The summed E-state index contributed by atoms with van der Waals surface area (Å²) in [4.78, 5) is 23.9. The topological polar surface area (TPSA) is 97.8 Å². The Labute approximate surface area is 213 Å². The number of halogens is 2. The van der Waals surface area contributed by atoms with Crippen molar-refractivity contribution in [3.8, 4) is 17.0 Å². The standard InChI is InChI=1S/C27H28F2N6O2/c1-17-14-20(4-7-22(17)26(36)34-11-8-18(15-30)9-12-34)33-24-25-32-16-23(35(25)13-10-31-24)19-2-5-21(6-3-19)37-27(28)29/h2-7,10,13-14,16,18,27H,8-9,11-12,15,30H2,1H3,(H,31,33). The molecule has 0 radical (unpaired) electrons. The van der Waals surface area contributed by atoms with Crippen molar-refractivity contribution in [2.75, 3.05) is 25.0 Å². The number of alkyl halides is 2. The van der Waals surface area contributed by atoms with Gasteiger partial charge >= 0.3 is 6.61 Å². The number of carbonyl (C=O) groups excluding carboxylic acids is 1. The number of piperidine rings is 1. The number of aromatic nitrogens is 3. The average molecular weight is 507 g/mol. The summed E-state index contributed by atoms with van der Waals surface area (Å²) in [6.45, 7) is 1.19. The maximum absolute atomic E-state index is 13.1. The normalized spacial score (nSPS) is 14.4. The first kappa shape index (κ1) is 24.6. The molecule has 8 nitrogen and oxygen atoms in total. The third-order valence-corrected chi connectivity index (χ3v) is 6.76. The van der Waals surface area contributed by atoms with Crippen LogP contribution in [0.2, 0.25) is 0 Å². The molecular formula is C27H28F2N6O2. The number of ether oxygens (including phenoxy) is 1. The molecule has 1 saturated heterocycles. The van der Waals surface area contributed by atoms with Gasteiger partial charge in [0.15, 0.2) is 11.5 Å². The summed E-state index contributed by atoms with van der Waals surface area (Å²) in [5.74, 6) is 1.18. The summed E-state index contributed by atoms with van der Waals surface area (Å²) in [6, 6.07) is 12.0. The zero-order valence-corrected chi connectivity index (χ0v) is 20.4. The molecule has 37 heavy (non-hydrogen) atoms. The number of nitrogens with zero attached hydrogens (tertiary/aromatic N) is 4. The van der Waals surface area contributed by atoms with Gasteiger partial charge in [0.05, 0.1) is 11.9 Å². The number of amides is 1. The molecule has 1 amide bonds. The summed E-state index contributed by atoms with van der Waals surface area (Å²) in [6.07, 6.45) is 7.02. The largest absolute Gasteiger partial charge is 0.435 e. The molecule has 0 spiro atoms. The third kappa shape index (κ3) is 5.24. The van der Waals surface area contributed by atoms with Crippen LogP contribution in [0.3, 0.4) is 0 Å². The molecule has 1 fully saturated rings. The molecule has 2 aromatic heterocycles. The van der Waals surface area contributed by atoms with Crippen LogP contribution in [0.4, 0.5) is 20.3 Å². The highest BCUT2D eigenvalue weighted by atomic mass is 19.3. The number of aryl methyl sites for hydroxylation is 1. The van der Waals surface area contributed by atoms with Crippen molar-refractivity contribution in [3.05, 3.63) is 72.2 Å². The Balaban J connectivity index is 1.34. The molecule has 1 aliphatic heterocycles.